The molecule has 0 aliphatic carbocycles. The van der Waals surface area contributed by atoms with Crippen molar-refractivity contribution < 1.29 is 14.3 Å². The van der Waals surface area contributed by atoms with Crippen molar-refractivity contribution in [2.75, 3.05) is 11.9 Å². The maximum atomic E-state index is 13.6. The Morgan fingerprint density at radius 2 is 2.26 bits per heavy atom. The van der Waals surface area contributed by atoms with Crippen LogP contribution in [0.3, 0.4) is 0 Å². The molecule has 0 fully saturated rings. The molecule has 1 aromatic carbocycles. The van der Waals surface area contributed by atoms with Crippen LogP contribution in [0.5, 0.6) is 0 Å². The molecule has 19 heavy (non-hydrogen) atoms. The first-order valence-corrected chi connectivity index (χ1v) is 5.69. The zero-order valence-corrected chi connectivity index (χ0v) is 10.7. The minimum absolute atomic E-state index is 0.311. The highest BCUT2D eigenvalue weighted by atomic mass is 19.1. The number of nitrogens with zero attached hydrogens (tertiary/aromatic N) is 3. The van der Waals surface area contributed by atoms with Crippen LogP contribution < -0.4 is 4.90 Å². The number of aryl methyl sites for hydroxylation is 1. The first-order valence-electron chi connectivity index (χ1n) is 5.69. The van der Waals surface area contributed by atoms with Gasteiger partial charge in [0.15, 0.2) is 0 Å². The van der Waals surface area contributed by atoms with Crippen LogP contribution in [0.15, 0.2) is 30.6 Å². The van der Waals surface area contributed by atoms with Gasteiger partial charge >= 0.3 is 5.97 Å². The molecule has 1 aromatic heterocycles. The zero-order valence-electron chi connectivity index (χ0n) is 10.7. The van der Waals surface area contributed by atoms with Crippen LogP contribution in [0.4, 0.5) is 10.1 Å². The number of halogens is 1. The van der Waals surface area contributed by atoms with Crippen LogP contribution >= 0.6 is 0 Å². The van der Waals surface area contributed by atoms with Crippen molar-refractivity contribution in [3.8, 4) is 0 Å². The fourth-order valence-corrected chi connectivity index (χ4v) is 1.96. The van der Waals surface area contributed by atoms with Gasteiger partial charge in [-0.3, -0.25) is 4.68 Å². The van der Waals surface area contributed by atoms with E-state index < -0.39 is 11.8 Å². The first kappa shape index (κ1) is 13.1. The highest BCUT2D eigenvalue weighted by Gasteiger charge is 2.18. The molecule has 0 spiro atoms. The fourth-order valence-electron chi connectivity index (χ4n) is 1.96. The summed E-state index contributed by atoms with van der Waals surface area (Å²) in [4.78, 5) is 12.8. The molecule has 0 amide bonds. The number of carbonyl (C=O) groups is 1. The second-order valence-corrected chi connectivity index (χ2v) is 4.32. The van der Waals surface area contributed by atoms with E-state index in [4.69, 9.17) is 5.11 Å². The Hall–Kier alpha value is -2.37. The molecule has 2 rings (SSSR count). The molecule has 100 valence electrons. The van der Waals surface area contributed by atoms with Crippen molar-refractivity contribution >= 4 is 11.7 Å². The maximum absolute atomic E-state index is 13.6. The lowest BCUT2D eigenvalue weighted by Gasteiger charge is -2.20. The predicted octanol–water partition coefficient (Wildman–Crippen LogP) is 1.89. The Labute approximate surface area is 109 Å². The summed E-state index contributed by atoms with van der Waals surface area (Å²) < 4.78 is 15.2. The summed E-state index contributed by atoms with van der Waals surface area (Å²) >= 11 is 0. The van der Waals surface area contributed by atoms with E-state index in [1.807, 2.05) is 6.20 Å². The monoisotopic (exact) mass is 263 g/mol. The van der Waals surface area contributed by atoms with Gasteiger partial charge < -0.3 is 10.0 Å². The van der Waals surface area contributed by atoms with Gasteiger partial charge in [0.2, 0.25) is 0 Å². The third-order valence-corrected chi connectivity index (χ3v) is 2.79. The number of hydrogen-bond donors (Lipinski definition) is 1. The number of rotatable bonds is 4. The zero-order chi connectivity index (χ0) is 14.0. The van der Waals surface area contributed by atoms with E-state index in [0.29, 0.717) is 12.2 Å². The van der Waals surface area contributed by atoms with Crippen molar-refractivity contribution in [1.29, 1.82) is 0 Å². The number of anilines is 1. The molecular weight excluding hydrogens is 249 g/mol. The number of aromatic nitrogens is 2. The highest BCUT2D eigenvalue weighted by molar-refractivity contribution is 5.94. The van der Waals surface area contributed by atoms with Gasteiger partial charge in [-0.2, -0.15) is 5.10 Å². The molecule has 0 radical (unpaired) electrons. The van der Waals surface area contributed by atoms with Gasteiger partial charge in [0.25, 0.3) is 0 Å². The lowest BCUT2D eigenvalue weighted by atomic mass is 10.1. The molecule has 0 atom stereocenters. The van der Waals surface area contributed by atoms with Crippen LogP contribution in [0, 0.1) is 5.82 Å². The minimum Gasteiger partial charge on any atom is -0.478 e. The Balaban J connectivity index is 2.31. The average molecular weight is 263 g/mol. The summed E-state index contributed by atoms with van der Waals surface area (Å²) in [7, 11) is 3.52. The molecule has 0 saturated heterocycles. The SMILES string of the molecule is CN(Cc1cnn(C)c1)c1cccc(F)c1C(=O)O. The number of aromatic carboxylic acids is 1. The largest absolute Gasteiger partial charge is 0.478 e. The number of benzene rings is 1. The summed E-state index contributed by atoms with van der Waals surface area (Å²) in [5.41, 5.74) is 0.954. The van der Waals surface area contributed by atoms with E-state index in [2.05, 4.69) is 5.10 Å². The van der Waals surface area contributed by atoms with Gasteiger partial charge in [-0.15, -0.1) is 0 Å². The quantitative estimate of drug-likeness (QED) is 0.915. The third kappa shape index (κ3) is 2.73. The Morgan fingerprint density at radius 1 is 1.53 bits per heavy atom. The molecule has 0 aliphatic heterocycles. The Morgan fingerprint density at radius 3 is 2.84 bits per heavy atom. The molecule has 2 aromatic rings. The van der Waals surface area contributed by atoms with Gasteiger partial charge in [-0.1, -0.05) is 6.07 Å². The van der Waals surface area contributed by atoms with Crippen LogP contribution in [0.1, 0.15) is 15.9 Å². The third-order valence-electron chi connectivity index (χ3n) is 2.79. The molecule has 1 heterocycles. The van der Waals surface area contributed by atoms with E-state index in [1.54, 1.807) is 35.9 Å². The predicted molar refractivity (Wildman–Crippen MR) is 68.7 cm³/mol. The molecular formula is C13H14FN3O2. The van der Waals surface area contributed by atoms with Crippen LogP contribution in [0.2, 0.25) is 0 Å². The van der Waals surface area contributed by atoms with Gasteiger partial charge in [-0.05, 0) is 12.1 Å². The van der Waals surface area contributed by atoms with Crippen molar-refractivity contribution in [2.24, 2.45) is 7.05 Å². The lowest BCUT2D eigenvalue weighted by Crippen LogP contribution is -2.20. The van der Waals surface area contributed by atoms with Crippen molar-refractivity contribution in [3.05, 3.63) is 47.5 Å². The molecule has 1 N–H and O–H groups in total. The topological polar surface area (TPSA) is 58.4 Å². The second kappa shape index (κ2) is 5.09. The van der Waals surface area contributed by atoms with Crippen molar-refractivity contribution in [3.63, 3.8) is 0 Å². The van der Waals surface area contributed by atoms with E-state index in [9.17, 15) is 9.18 Å². The molecule has 0 saturated carbocycles. The van der Waals surface area contributed by atoms with Crippen molar-refractivity contribution in [2.45, 2.75) is 6.54 Å². The molecule has 0 unspecified atom stereocenters. The Kier molecular flexibility index (Phi) is 3.50. The van der Waals surface area contributed by atoms with Gasteiger partial charge in [0.1, 0.15) is 11.4 Å². The number of hydrogen-bond acceptors (Lipinski definition) is 3. The highest BCUT2D eigenvalue weighted by Crippen LogP contribution is 2.23. The van der Waals surface area contributed by atoms with Crippen LogP contribution in [0.25, 0.3) is 0 Å². The standard InChI is InChI=1S/C13H14FN3O2/c1-16(7-9-6-15-17(2)8-9)11-5-3-4-10(14)12(11)13(18)19/h3-6,8H,7H2,1-2H3,(H,18,19). The number of carboxylic acid groups (broad SMARTS) is 1. The van der Waals surface area contributed by atoms with Gasteiger partial charge in [0.05, 0.1) is 11.9 Å². The normalized spacial score (nSPS) is 10.5. The van der Waals surface area contributed by atoms with Crippen LogP contribution in [-0.2, 0) is 13.6 Å². The lowest BCUT2D eigenvalue weighted by molar-refractivity contribution is 0.0692. The second-order valence-electron chi connectivity index (χ2n) is 4.32. The smallest absolute Gasteiger partial charge is 0.340 e. The summed E-state index contributed by atoms with van der Waals surface area (Å²) in [6.45, 7) is 0.456. The van der Waals surface area contributed by atoms with E-state index in [0.717, 1.165) is 11.6 Å². The summed E-state index contributed by atoms with van der Waals surface area (Å²) in [5.74, 6) is -2.01. The first-order chi connectivity index (χ1) is 8.99. The summed E-state index contributed by atoms with van der Waals surface area (Å²) in [6, 6.07) is 4.23. The van der Waals surface area contributed by atoms with Gasteiger partial charge in [0, 0.05) is 32.4 Å². The van der Waals surface area contributed by atoms with Crippen molar-refractivity contribution in [1.82, 2.24) is 9.78 Å². The molecule has 0 bridgehead atoms. The fraction of sp³-hybridized carbons (Fsp3) is 0.231. The Bertz CT molecular complexity index is 610. The molecule has 5 nitrogen and oxygen atoms in total. The van der Waals surface area contributed by atoms with E-state index in [1.165, 1.54) is 6.07 Å². The molecule has 0 aliphatic rings. The number of carboxylic acids is 1. The van der Waals surface area contributed by atoms with Gasteiger partial charge in [-0.25, -0.2) is 9.18 Å². The maximum Gasteiger partial charge on any atom is 0.340 e. The average Bonchev–Trinajstić information content (AvgIpc) is 2.73. The summed E-state index contributed by atoms with van der Waals surface area (Å²) in [6.07, 6.45) is 3.52. The molecule has 6 heteroatoms. The van der Waals surface area contributed by atoms with Crippen LogP contribution in [-0.4, -0.2) is 27.9 Å². The minimum atomic E-state index is -1.27. The van der Waals surface area contributed by atoms with E-state index >= 15 is 0 Å². The summed E-state index contributed by atoms with van der Waals surface area (Å²) in [5, 5.41) is 13.1. The van der Waals surface area contributed by atoms with E-state index in [-0.39, 0.29) is 5.56 Å².